The maximum absolute atomic E-state index is 12.4. The SMILES string of the molecule is CCCCCCCC/C=C\CCCCCCCCCC(=O)OC(COC(=O)CCCC)COP(=O)(O)OCC(O)CO. The molecule has 0 bridgehead atoms. The second-order valence-corrected chi connectivity index (χ2v) is 12.3. The Labute approximate surface area is 254 Å². The van der Waals surface area contributed by atoms with Crippen LogP contribution in [0, 0.1) is 0 Å². The third-order valence-electron chi connectivity index (χ3n) is 6.67. The first kappa shape index (κ1) is 40.7. The van der Waals surface area contributed by atoms with Crippen LogP contribution < -0.4 is 0 Å². The van der Waals surface area contributed by atoms with Gasteiger partial charge in [-0.3, -0.25) is 18.6 Å². The van der Waals surface area contributed by atoms with E-state index in [1.807, 2.05) is 6.92 Å². The zero-order valence-electron chi connectivity index (χ0n) is 26.2. The molecule has 0 aliphatic heterocycles. The third-order valence-corrected chi connectivity index (χ3v) is 7.62. The van der Waals surface area contributed by atoms with Gasteiger partial charge in [0.05, 0.1) is 19.8 Å². The number of hydrogen-bond donors (Lipinski definition) is 3. The molecule has 0 fully saturated rings. The van der Waals surface area contributed by atoms with Crippen molar-refractivity contribution in [1.29, 1.82) is 0 Å². The first-order valence-electron chi connectivity index (χ1n) is 16.1. The lowest BCUT2D eigenvalue weighted by molar-refractivity contribution is -0.161. The van der Waals surface area contributed by atoms with Crippen molar-refractivity contribution in [2.24, 2.45) is 0 Å². The van der Waals surface area contributed by atoms with Gasteiger partial charge in [0.1, 0.15) is 12.7 Å². The standard InChI is InChI=1S/C31H59O10P/c1-3-5-7-8-9-10-11-12-13-14-15-16-17-18-19-20-21-23-31(35)41-29(26-38-30(34)22-6-4-2)27-40-42(36,37)39-25-28(33)24-32/h12-13,28-29,32-33H,3-11,14-27H2,1-2H3,(H,36,37)/b13-12-. The van der Waals surface area contributed by atoms with Crippen molar-refractivity contribution < 1.29 is 47.8 Å². The van der Waals surface area contributed by atoms with E-state index in [0.717, 1.165) is 32.1 Å². The van der Waals surface area contributed by atoms with Crippen molar-refractivity contribution in [2.75, 3.05) is 26.4 Å². The summed E-state index contributed by atoms with van der Waals surface area (Å²) in [6.07, 6.45) is 21.7. The Morgan fingerprint density at radius 3 is 1.76 bits per heavy atom. The number of allylic oxidation sites excluding steroid dienone is 2. The van der Waals surface area contributed by atoms with Crippen LogP contribution in [0.25, 0.3) is 0 Å². The summed E-state index contributed by atoms with van der Waals surface area (Å²) in [5.74, 6) is -0.970. The fourth-order valence-electron chi connectivity index (χ4n) is 4.08. The molecule has 0 aliphatic rings. The molecule has 3 atom stereocenters. The number of rotatable bonds is 30. The Kier molecular flexibility index (Phi) is 27.6. The molecule has 42 heavy (non-hydrogen) atoms. The molecule has 0 aliphatic carbocycles. The smallest absolute Gasteiger partial charge is 0.462 e. The van der Waals surface area contributed by atoms with E-state index in [1.165, 1.54) is 64.2 Å². The molecule has 3 unspecified atom stereocenters. The van der Waals surface area contributed by atoms with Gasteiger partial charge in [0, 0.05) is 12.8 Å². The van der Waals surface area contributed by atoms with Gasteiger partial charge in [0.25, 0.3) is 0 Å². The van der Waals surface area contributed by atoms with Crippen LogP contribution >= 0.6 is 7.82 Å². The molecule has 0 amide bonds. The summed E-state index contributed by atoms with van der Waals surface area (Å²) < 4.78 is 32.0. The summed E-state index contributed by atoms with van der Waals surface area (Å²) in [5.41, 5.74) is 0. The molecule has 248 valence electrons. The molecule has 0 aromatic rings. The van der Waals surface area contributed by atoms with Gasteiger partial charge in [0.2, 0.25) is 0 Å². The number of aliphatic hydroxyl groups excluding tert-OH is 2. The van der Waals surface area contributed by atoms with E-state index in [-0.39, 0.29) is 19.4 Å². The minimum atomic E-state index is -4.58. The molecule has 10 nitrogen and oxygen atoms in total. The highest BCUT2D eigenvalue weighted by Crippen LogP contribution is 2.43. The summed E-state index contributed by atoms with van der Waals surface area (Å²) in [6, 6.07) is 0. The number of phosphoric ester groups is 1. The van der Waals surface area contributed by atoms with Gasteiger partial charge in [-0.1, -0.05) is 96.6 Å². The van der Waals surface area contributed by atoms with Gasteiger partial charge >= 0.3 is 19.8 Å². The van der Waals surface area contributed by atoms with Crippen molar-refractivity contribution in [3.05, 3.63) is 12.2 Å². The summed E-state index contributed by atoms with van der Waals surface area (Å²) in [4.78, 5) is 34.0. The lowest BCUT2D eigenvalue weighted by Gasteiger charge is -2.20. The number of ether oxygens (including phenoxy) is 2. The van der Waals surface area contributed by atoms with Gasteiger partial charge in [-0.15, -0.1) is 0 Å². The first-order valence-corrected chi connectivity index (χ1v) is 17.6. The highest BCUT2D eigenvalue weighted by Gasteiger charge is 2.27. The minimum absolute atomic E-state index is 0.180. The molecule has 3 N–H and O–H groups in total. The number of phosphoric acid groups is 1. The number of unbranched alkanes of at least 4 members (excludes halogenated alkanes) is 14. The predicted molar refractivity (Wildman–Crippen MR) is 164 cm³/mol. The van der Waals surface area contributed by atoms with Crippen LogP contribution in [0.2, 0.25) is 0 Å². The quantitative estimate of drug-likeness (QED) is 0.0333. The maximum atomic E-state index is 12.4. The molecule has 0 heterocycles. The normalized spacial score (nSPS) is 14.5. The van der Waals surface area contributed by atoms with Crippen molar-refractivity contribution in [1.82, 2.24) is 0 Å². The Morgan fingerprint density at radius 2 is 1.19 bits per heavy atom. The van der Waals surface area contributed by atoms with Gasteiger partial charge < -0.3 is 24.6 Å². The van der Waals surface area contributed by atoms with E-state index < -0.39 is 51.8 Å². The van der Waals surface area contributed by atoms with Gasteiger partial charge in [0.15, 0.2) is 6.10 Å². The maximum Gasteiger partial charge on any atom is 0.472 e. The third kappa shape index (κ3) is 27.5. The molecular weight excluding hydrogens is 563 g/mol. The molecule has 0 radical (unpaired) electrons. The number of hydrogen-bond acceptors (Lipinski definition) is 9. The minimum Gasteiger partial charge on any atom is -0.462 e. The zero-order chi connectivity index (χ0) is 31.3. The van der Waals surface area contributed by atoms with E-state index in [2.05, 4.69) is 23.6 Å². The summed E-state index contributed by atoms with van der Waals surface area (Å²) in [7, 11) is -4.58. The van der Waals surface area contributed by atoms with Gasteiger partial charge in [-0.2, -0.15) is 0 Å². The van der Waals surface area contributed by atoms with E-state index >= 15 is 0 Å². The summed E-state index contributed by atoms with van der Waals surface area (Å²) >= 11 is 0. The van der Waals surface area contributed by atoms with E-state index in [9.17, 15) is 24.2 Å². The Bertz CT molecular complexity index is 731. The van der Waals surface area contributed by atoms with Crippen LogP contribution in [-0.4, -0.2) is 65.7 Å². The van der Waals surface area contributed by atoms with Crippen LogP contribution in [-0.2, 0) is 32.7 Å². The van der Waals surface area contributed by atoms with E-state index in [4.69, 9.17) is 19.1 Å². The Morgan fingerprint density at radius 1 is 0.690 bits per heavy atom. The van der Waals surface area contributed by atoms with Crippen molar-refractivity contribution in [2.45, 2.75) is 148 Å². The average Bonchev–Trinajstić information content (AvgIpc) is 2.97. The second kappa shape index (κ2) is 28.5. The molecular formula is C31H59O10P. The average molecular weight is 623 g/mol. The van der Waals surface area contributed by atoms with Crippen LogP contribution in [0.3, 0.4) is 0 Å². The van der Waals surface area contributed by atoms with Crippen LogP contribution in [0.1, 0.15) is 136 Å². The monoisotopic (exact) mass is 622 g/mol. The number of esters is 2. The number of carbonyl (C=O) groups is 2. The highest BCUT2D eigenvalue weighted by atomic mass is 31.2. The topological polar surface area (TPSA) is 149 Å². The van der Waals surface area contributed by atoms with Crippen molar-refractivity contribution >= 4 is 19.8 Å². The molecule has 0 saturated heterocycles. The molecule has 0 aromatic carbocycles. The Hall–Kier alpha value is -1.29. The van der Waals surface area contributed by atoms with Gasteiger partial charge in [-0.05, 0) is 38.5 Å². The fourth-order valence-corrected chi connectivity index (χ4v) is 4.87. The lowest BCUT2D eigenvalue weighted by atomic mass is 10.1. The largest absolute Gasteiger partial charge is 0.472 e. The fraction of sp³-hybridized carbons (Fsp3) is 0.871. The van der Waals surface area contributed by atoms with E-state index in [0.29, 0.717) is 12.8 Å². The van der Waals surface area contributed by atoms with Gasteiger partial charge in [-0.25, -0.2) is 4.57 Å². The molecule has 0 saturated carbocycles. The summed E-state index contributed by atoms with van der Waals surface area (Å²) in [6.45, 7) is 2.07. The Balaban J connectivity index is 4.14. The van der Waals surface area contributed by atoms with Crippen molar-refractivity contribution in [3.63, 3.8) is 0 Å². The zero-order valence-corrected chi connectivity index (χ0v) is 27.1. The molecule has 0 spiro atoms. The van der Waals surface area contributed by atoms with Crippen LogP contribution in [0.5, 0.6) is 0 Å². The van der Waals surface area contributed by atoms with Crippen LogP contribution in [0.15, 0.2) is 12.2 Å². The molecule has 11 heteroatoms. The first-order chi connectivity index (χ1) is 20.2. The lowest BCUT2D eigenvalue weighted by Crippen LogP contribution is -2.29. The number of aliphatic hydroxyl groups is 2. The summed E-state index contributed by atoms with van der Waals surface area (Å²) in [5, 5.41) is 18.1. The van der Waals surface area contributed by atoms with Crippen molar-refractivity contribution in [3.8, 4) is 0 Å². The molecule has 0 aromatic heterocycles. The van der Waals surface area contributed by atoms with E-state index in [1.54, 1.807) is 0 Å². The highest BCUT2D eigenvalue weighted by molar-refractivity contribution is 7.47. The van der Waals surface area contributed by atoms with Crippen LogP contribution in [0.4, 0.5) is 0 Å². The number of carbonyl (C=O) groups excluding carboxylic acids is 2. The predicted octanol–water partition coefficient (Wildman–Crippen LogP) is 6.94. The molecule has 0 rings (SSSR count). The second-order valence-electron chi connectivity index (χ2n) is 10.8.